The van der Waals surface area contributed by atoms with Crippen molar-refractivity contribution in [2.24, 2.45) is 5.92 Å². The molecule has 2 aromatic heterocycles. The summed E-state index contributed by atoms with van der Waals surface area (Å²) in [5, 5.41) is 1.22. The molecule has 1 N–H and O–H groups in total. The molecule has 6 rings (SSSR count). The molecule has 4 heterocycles. The zero-order valence-corrected chi connectivity index (χ0v) is 17.7. The number of aromatic nitrogens is 1. The molecule has 0 spiro atoms. The van der Waals surface area contributed by atoms with Gasteiger partial charge < -0.3 is 9.47 Å². The Morgan fingerprint density at radius 3 is 2.67 bits per heavy atom. The van der Waals surface area contributed by atoms with Crippen molar-refractivity contribution in [3.05, 3.63) is 94.4 Å². The first-order valence-electron chi connectivity index (χ1n) is 10.8. The first kappa shape index (κ1) is 18.1. The van der Waals surface area contributed by atoms with E-state index in [1.165, 1.54) is 27.8 Å². The summed E-state index contributed by atoms with van der Waals surface area (Å²) in [6, 6.07) is 25.6. The molecule has 150 valence electrons. The van der Waals surface area contributed by atoms with E-state index in [-0.39, 0.29) is 5.56 Å². The van der Waals surface area contributed by atoms with Gasteiger partial charge in [-0.1, -0.05) is 48.5 Å². The van der Waals surface area contributed by atoms with E-state index in [4.69, 9.17) is 0 Å². The molecule has 30 heavy (non-hydrogen) atoms. The monoisotopic (exact) mass is 413 g/mol. The van der Waals surface area contributed by atoms with Crippen molar-refractivity contribution >= 4 is 21.4 Å². The molecule has 3 nitrogen and oxygen atoms in total. The van der Waals surface area contributed by atoms with Gasteiger partial charge in [0.05, 0.1) is 18.7 Å². The molecule has 0 radical (unpaired) electrons. The number of benzene rings is 2. The third-order valence-electron chi connectivity index (χ3n) is 6.79. The van der Waals surface area contributed by atoms with Gasteiger partial charge in [0, 0.05) is 39.2 Å². The highest BCUT2D eigenvalue weighted by Gasteiger charge is 2.37. The van der Waals surface area contributed by atoms with Crippen molar-refractivity contribution in [1.29, 1.82) is 0 Å². The van der Waals surface area contributed by atoms with Crippen molar-refractivity contribution in [1.82, 2.24) is 4.57 Å². The van der Waals surface area contributed by atoms with E-state index < -0.39 is 0 Å². The Bertz CT molecular complexity index is 1240. The van der Waals surface area contributed by atoms with Crippen LogP contribution in [-0.2, 0) is 13.1 Å². The van der Waals surface area contributed by atoms with Gasteiger partial charge >= 0.3 is 0 Å². The Morgan fingerprint density at radius 2 is 1.80 bits per heavy atom. The number of hydrogen-bond donors (Lipinski definition) is 1. The lowest BCUT2D eigenvalue weighted by Crippen LogP contribution is -3.13. The number of nitrogens with one attached hydrogen (secondary N) is 1. The summed E-state index contributed by atoms with van der Waals surface area (Å²) >= 11 is 1.72. The minimum Gasteiger partial charge on any atom is -0.330 e. The normalized spacial score (nSPS) is 22.7. The molecular weight excluding hydrogens is 388 g/mol. The Balaban J connectivity index is 1.32. The van der Waals surface area contributed by atoms with Crippen LogP contribution in [0.4, 0.5) is 0 Å². The maximum Gasteiger partial charge on any atom is 0.259 e. The Morgan fingerprint density at radius 1 is 0.967 bits per heavy atom. The largest absolute Gasteiger partial charge is 0.330 e. The molecule has 0 saturated carbocycles. The number of hydrogen-bond acceptors (Lipinski definition) is 2. The molecule has 4 aromatic rings. The molecule has 0 aliphatic carbocycles. The van der Waals surface area contributed by atoms with Crippen LogP contribution in [-0.4, -0.2) is 17.7 Å². The lowest BCUT2D eigenvalue weighted by Gasteiger charge is -2.40. The predicted octanol–water partition coefficient (Wildman–Crippen LogP) is 3.93. The number of fused-ring (bicyclic) bond motifs is 5. The summed E-state index contributed by atoms with van der Waals surface area (Å²) in [7, 11) is 0. The first-order valence-corrected chi connectivity index (χ1v) is 11.7. The third kappa shape index (κ3) is 3.11. The van der Waals surface area contributed by atoms with Gasteiger partial charge in [-0.15, -0.1) is 11.3 Å². The van der Waals surface area contributed by atoms with Gasteiger partial charge in [-0.25, -0.2) is 0 Å². The second-order valence-electron chi connectivity index (χ2n) is 8.86. The van der Waals surface area contributed by atoms with Gasteiger partial charge in [-0.2, -0.15) is 0 Å². The van der Waals surface area contributed by atoms with Crippen molar-refractivity contribution in [2.45, 2.75) is 25.4 Å². The number of pyridine rings is 1. The lowest BCUT2D eigenvalue weighted by atomic mass is 9.82. The molecule has 1 unspecified atom stereocenters. The summed E-state index contributed by atoms with van der Waals surface area (Å²) < 4.78 is 3.34. The predicted molar refractivity (Wildman–Crippen MR) is 123 cm³/mol. The first-order chi connectivity index (χ1) is 14.7. The summed E-state index contributed by atoms with van der Waals surface area (Å²) in [6.07, 6.45) is 1.22. The quantitative estimate of drug-likeness (QED) is 0.541. The van der Waals surface area contributed by atoms with Gasteiger partial charge in [0.2, 0.25) is 0 Å². The molecule has 3 atom stereocenters. The third-order valence-corrected chi connectivity index (χ3v) is 7.93. The zero-order chi connectivity index (χ0) is 20.1. The minimum atomic E-state index is 0.195. The van der Waals surface area contributed by atoms with Crippen LogP contribution < -0.4 is 10.5 Å². The minimum absolute atomic E-state index is 0.195. The fraction of sp³-hybridized carbons (Fsp3) is 0.269. The SMILES string of the molecule is O=c1c(-c2cc3ccccc3s2)ccc2n1C[C@H]1C[C@@H]2C[NH+](Cc2ccccc2)C1. The van der Waals surface area contributed by atoms with Crippen LogP contribution in [0.25, 0.3) is 20.5 Å². The van der Waals surface area contributed by atoms with E-state index in [2.05, 4.69) is 77.4 Å². The summed E-state index contributed by atoms with van der Waals surface area (Å²) in [4.78, 5) is 16.2. The smallest absolute Gasteiger partial charge is 0.259 e. The topological polar surface area (TPSA) is 26.4 Å². The summed E-state index contributed by atoms with van der Waals surface area (Å²) in [6.45, 7) is 4.22. The molecule has 1 saturated heterocycles. The molecule has 0 amide bonds. The standard InChI is InChI=1S/C26H24N2OS/c29-26-22(25-13-20-8-4-5-9-24(20)30-25)10-11-23-21-12-19(16-28(23)26)15-27(17-21)14-18-6-2-1-3-7-18/h1-11,13,19,21H,12,14-17H2/p+1/t19-,21+/m0/s1. The number of quaternary nitrogens is 1. The Hall–Kier alpha value is -2.69. The second-order valence-corrected chi connectivity index (χ2v) is 9.94. The van der Waals surface area contributed by atoms with Crippen molar-refractivity contribution in [2.75, 3.05) is 13.1 Å². The maximum atomic E-state index is 13.5. The van der Waals surface area contributed by atoms with E-state index in [0.29, 0.717) is 11.8 Å². The van der Waals surface area contributed by atoms with Crippen LogP contribution in [0, 0.1) is 5.92 Å². The van der Waals surface area contributed by atoms with Gasteiger partial charge in [-0.05, 0) is 36.1 Å². The lowest BCUT2D eigenvalue weighted by molar-refractivity contribution is -0.924. The average molecular weight is 414 g/mol. The van der Waals surface area contributed by atoms with Crippen LogP contribution >= 0.6 is 11.3 Å². The van der Waals surface area contributed by atoms with E-state index >= 15 is 0 Å². The number of rotatable bonds is 3. The molecule has 2 aliphatic rings. The number of nitrogens with zero attached hydrogens (tertiary/aromatic N) is 1. The highest BCUT2D eigenvalue weighted by Crippen LogP contribution is 2.35. The number of likely N-dealkylation sites (tertiary alicyclic amines) is 1. The zero-order valence-electron chi connectivity index (χ0n) is 16.9. The van der Waals surface area contributed by atoms with E-state index in [0.717, 1.165) is 36.6 Å². The molecule has 1 fully saturated rings. The maximum absolute atomic E-state index is 13.5. The van der Waals surface area contributed by atoms with E-state index in [1.807, 2.05) is 0 Å². The van der Waals surface area contributed by atoms with Crippen molar-refractivity contribution < 1.29 is 4.90 Å². The highest BCUT2D eigenvalue weighted by atomic mass is 32.1. The van der Waals surface area contributed by atoms with Gasteiger partial charge in [-0.3, -0.25) is 4.79 Å². The Kier molecular flexibility index (Phi) is 4.36. The van der Waals surface area contributed by atoms with Crippen LogP contribution in [0.3, 0.4) is 0 Å². The number of piperidine rings is 1. The van der Waals surface area contributed by atoms with Crippen molar-refractivity contribution in [3.8, 4) is 10.4 Å². The highest BCUT2D eigenvalue weighted by molar-refractivity contribution is 7.22. The fourth-order valence-electron chi connectivity index (χ4n) is 5.50. The molecule has 2 bridgehead atoms. The van der Waals surface area contributed by atoms with Gasteiger partial charge in [0.25, 0.3) is 5.56 Å². The van der Waals surface area contributed by atoms with Crippen LogP contribution in [0.5, 0.6) is 0 Å². The molecule has 2 aromatic carbocycles. The van der Waals surface area contributed by atoms with Gasteiger partial charge in [0.15, 0.2) is 0 Å². The van der Waals surface area contributed by atoms with Crippen LogP contribution in [0.15, 0.2) is 77.6 Å². The summed E-state index contributed by atoms with van der Waals surface area (Å²) in [5.74, 6) is 1.07. The van der Waals surface area contributed by atoms with Crippen molar-refractivity contribution in [3.63, 3.8) is 0 Å². The van der Waals surface area contributed by atoms with Crippen LogP contribution in [0.1, 0.15) is 23.6 Å². The van der Waals surface area contributed by atoms with E-state index in [1.54, 1.807) is 16.2 Å². The fourth-order valence-corrected chi connectivity index (χ4v) is 6.58. The van der Waals surface area contributed by atoms with Gasteiger partial charge in [0.1, 0.15) is 6.54 Å². The summed E-state index contributed by atoms with van der Waals surface area (Å²) in [5.41, 5.74) is 3.70. The van der Waals surface area contributed by atoms with Crippen LogP contribution in [0.2, 0.25) is 0 Å². The second kappa shape index (κ2) is 7.22. The molecular formula is C26H25N2OS+. The average Bonchev–Trinajstić information content (AvgIpc) is 3.19. The molecule has 2 aliphatic heterocycles. The Labute approximate surface area is 180 Å². The van der Waals surface area contributed by atoms with E-state index in [9.17, 15) is 4.79 Å². The number of thiophene rings is 1. The molecule has 4 heteroatoms.